The van der Waals surface area contributed by atoms with Crippen LogP contribution in [0, 0.1) is 0 Å². The number of hydrogen-bond acceptors (Lipinski definition) is 1. The summed E-state index contributed by atoms with van der Waals surface area (Å²) in [6, 6.07) is 40.4. The molecular weight excluding hydrogens is 496 g/mol. The summed E-state index contributed by atoms with van der Waals surface area (Å²) in [5.41, 5.74) is 3.36. The third kappa shape index (κ3) is 3.56. The molecule has 0 aliphatic heterocycles. The van der Waals surface area contributed by atoms with Gasteiger partial charge in [-0.15, -0.1) is 0 Å². The van der Waals surface area contributed by atoms with Crippen molar-refractivity contribution in [3.8, 4) is 22.3 Å². The maximum absolute atomic E-state index is 9.04. The molecule has 1 heterocycles. The predicted molar refractivity (Wildman–Crippen MR) is 175 cm³/mol. The highest BCUT2D eigenvalue weighted by molar-refractivity contribution is 6.13. The van der Waals surface area contributed by atoms with E-state index >= 15 is 0 Å². The van der Waals surface area contributed by atoms with Gasteiger partial charge in [0.15, 0.2) is 0 Å². The fraction of sp³-hybridized carbons (Fsp3) is 0. The van der Waals surface area contributed by atoms with Crippen molar-refractivity contribution in [2.75, 3.05) is 0 Å². The van der Waals surface area contributed by atoms with Gasteiger partial charge in [-0.2, -0.15) is 0 Å². The molecular formula is C40H24O. The number of benzene rings is 8. The quantitative estimate of drug-likeness (QED) is 0.162. The van der Waals surface area contributed by atoms with E-state index in [0.717, 1.165) is 48.7 Å². The van der Waals surface area contributed by atoms with Gasteiger partial charge in [0.05, 0.1) is 5.48 Å². The van der Waals surface area contributed by atoms with Crippen LogP contribution in [-0.2, 0) is 0 Å². The third-order valence-electron chi connectivity index (χ3n) is 8.24. The molecule has 9 rings (SSSR count). The molecule has 1 aromatic heterocycles. The van der Waals surface area contributed by atoms with E-state index in [0.29, 0.717) is 22.3 Å². The van der Waals surface area contributed by atoms with Crippen LogP contribution in [0.3, 0.4) is 0 Å². The molecule has 41 heavy (non-hydrogen) atoms. The first-order valence-electron chi connectivity index (χ1n) is 15.8. The first-order valence-corrected chi connectivity index (χ1v) is 13.8. The Balaban J connectivity index is 1.20. The Morgan fingerprint density at radius 1 is 0.341 bits per heavy atom. The van der Waals surface area contributed by atoms with E-state index in [1.807, 2.05) is 66.7 Å². The first-order chi connectivity index (χ1) is 21.9. The average molecular weight is 525 g/mol. The number of furan rings is 1. The van der Waals surface area contributed by atoms with Crippen molar-refractivity contribution < 1.29 is 9.90 Å². The van der Waals surface area contributed by atoms with Crippen LogP contribution in [0.1, 0.15) is 5.48 Å². The summed E-state index contributed by atoms with van der Waals surface area (Å²) in [5.74, 6) is 0. The molecule has 0 radical (unpaired) electrons. The Hall–Kier alpha value is -5.40. The molecule has 0 unspecified atom stereocenters. The van der Waals surface area contributed by atoms with Crippen molar-refractivity contribution in [1.82, 2.24) is 0 Å². The van der Waals surface area contributed by atoms with Gasteiger partial charge >= 0.3 is 0 Å². The van der Waals surface area contributed by atoms with E-state index in [4.69, 9.17) is 9.90 Å². The van der Waals surface area contributed by atoms with Crippen LogP contribution in [0.25, 0.3) is 87.3 Å². The van der Waals surface area contributed by atoms with Crippen molar-refractivity contribution in [3.63, 3.8) is 0 Å². The average Bonchev–Trinajstić information content (AvgIpc) is 3.42. The molecule has 0 spiro atoms. The minimum Gasteiger partial charge on any atom is -0.456 e. The van der Waals surface area contributed by atoms with Crippen LogP contribution in [0.4, 0.5) is 0 Å². The molecule has 0 saturated carbocycles. The molecule has 0 aliphatic carbocycles. The third-order valence-corrected chi connectivity index (χ3v) is 8.24. The SMILES string of the molecule is [2H]c1c([2H])c(-c2ccc3oc4cc5ccccc5cc4c3c2)c([2H])c([2H])c1-c1ccc2c(ccc3cc4ccccc4cc32)c1. The van der Waals surface area contributed by atoms with Crippen LogP contribution in [0.5, 0.6) is 0 Å². The zero-order chi connectivity index (χ0) is 30.4. The van der Waals surface area contributed by atoms with Gasteiger partial charge < -0.3 is 4.42 Å². The second-order valence-electron chi connectivity index (χ2n) is 10.7. The van der Waals surface area contributed by atoms with E-state index in [9.17, 15) is 0 Å². The lowest BCUT2D eigenvalue weighted by Gasteiger charge is -2.10. The van der Waals surface area contributed by atoms with E-state index in [1.54, 1.807) is 0 Å². The van der Waals surface area contributed by atoms with Gasteiger partial charge in [0, 0.05) is 10.8 Å². The highest BCUT2D eigenvalue weighted by Crippen LogP contribution is 2.36. The molecule has 0 saturated heterocycles. The molecule has 8 aromatic carbocycles. The number of fused-ring (bicyclic) bond motifs is 8. The summed E-state index contributed by atoms with van der Waals surface area (Å²) >= 11 is 0. The Kier molecular flexibility index (Phi) is 3.92. The minimum atomic E-state index is -0.0614. The number of rotatable bonds is 2. The minimum absolute atomic E-state index is 0.0553. The molecule has 1 heteroatoms. The summed E-state index contributed by atoms with van der Waals surface area (Å²) in [7, 11) is 0. The highest BCUT2D eigenvalue weighted by atomic mass is 16.3. The van der Waals surface area contributed by atoms with Crippen LogP contribution >= 0.6 is 0 Å². The molecule has 0 aliphatic rings. The lowest BCUT2D eigenvalue weighted by atomic mass is 9.94. The molecule has 0 bridgehead atoms. The summed E-state index contributed by atoms with van der Waals surface area (Å²) in [5, 5.41) is 10.8. The van der Waals surface area contributed by atoms with Crippen molar-refractivity contribution >= 4 is 65.0 Å². The standard InChI is InChI=1S/C40H24O/c1-2-6-28-21-36-34(19-27(28)5-1)14-13-33-20-31(15-17-35(33)36)25-9-11-26(12-10-25)32-16-18-39-37(23-32)38-22-29-7-3-4-8-30(29)24-40(38)41-39/h1-24H/i9D,10D,11D,12D. The van der Waals surface area contributed by atoms with Gasteiger partial charge in [0.1, 0.15) is 11.2 Å². The lowest BCUT2D eigenvalue weighted by Crippen LogP contribution is -1.83. The molecule has 1 nitrogen and oxygen atoms in total. The van der Waals surface area contributed by atoms with Gasteiger partial charge in [-0.1, -0.05) is 103 Å². The Bertz CT molecular complexity index is 2680. The Morgan fingerprint density at radius 2 is 0.878 bits per heavy atom. The molecule has 0 atom stereocenters. The Morgan fingerprint density at radius 3 is 1.59 bits per heavy atom. The van der Waals surface area contributed by atoms with E-state index in [-0.39, 0.29) is 29.7 Å². The van der Waals surface area contributed by atoms with Gasteiger partial charge in [-0.05, 0) is 108 Å². The zero-order valence-electron chi connectivity index (χ0n) is 26.0. The van der Waals surface area contributed by atoms with E-state index < -0.39 is 0 Å². The molecule has 0 amide bonds. The largest absolute Gasteiger partial charge is 0.456 e. The predicted octanol–water partition coefficient (Wildman–Crippen LogP) is 11.5. The number of hydrogen-bond donors (Lipinski definition) is 0. The van der Waals surface area contributed by atoms with Gasteiger partial charge in [0.2, 0.25) is 0 Å². The smallest absolute Gasteiger partial charge is 0.136 e. The van der Waals surface area contributed by atoms with Crippen molar-refractivity contribution in [1.29, 1.82) is 0 Å². The molecule has 9 aromatic rings. The normalized spacial score (nSPS) is 13.3. The van der Waals surface area contributed by atoms with E-state index in [1.165, 1.54) is 10.8 Å². The van der Waals surface area contributed by atoms with Crippen molar-refractivity contribution in [2.24, 2.45) is 0 Å². The molecule has 190 valence electrons. The maximum Gasteiger partial charge on any atom is 0.136 e. The van der Waals surface area contributed by atoms with Gasteiger partial charge in [-0.3, -0.25) is 0 Å². The van der Waals surface area contributed by atoms with Crippen LogP contribution in [0.15, 0.2) is 150 Å². The van der Waals surface area contributed by atoms with E-state index in [2.05, 4.69) is 54.6 Å². The van der Waals surface area contributed by atoms with Crippen LogP contribution < -0.4 is 0 Å². The highest BCUT2D eigenvalue weighted by Gasteiger charge is 2.11. The topological polar surface area (TPSA) is 13.1 Å². The summed E-state index contributed by atoms with van der Waals surface area (Å²) in [6.45, 7) is 0. The maximum atomic E-state index is 9.04. The van der Waals surface area contributed by atoms with Crippen LogP contribution in [-0.4, -0.2) is 0 Å². The Labute approximate surface area is 242 Å². The second-order valence-corrected chi connectivity index (χ2v) is 10.7. The second kappa shape index (κ2) is 8.55. The fourth-order valence-electron chi connectivity index (χ4n) is 6.13. The molecule has 0 fully saturated rings. The lowest BCUT2D eigenvalue weighted by molar-refractivity contribution is 0.669. The summed E-state index contributed by atoms with van der Waals surface area (Å²) in [6.07, 6.45) is 0. The van der Waals surface area contributed by atoms with Crippen molar-refractivity contribution in [2.45, 2.75) is 0 Å². The van der Waals surface area contributed by atoms with Crippen molar-refractivity contribution in [3.05, 3.63) is 145 Å². The first kappa shape index (κ1) is 18.8. The fourth-order valence-corrected chi connectivity index (χ4v) is 6.13. The summed E-state index contributed by atoms with van der Waals surface area (Å²) in [4.78, 5) is 0. The van der Waals surface area contributed by atoms with Gasteiger partial charge in [-0.25, -0.2) is 0 Å². The zero-order valence-corrected chi connectivity index (χ0v) is 22.0. The van der Waals surface area contributed by atoms with Crippen LogP contribution in [0.2, 0.25) is 0 Å². The monoisotopic (exact) mass is 524 g/mol. The van der Waals surface area contributed by atoms with Gasteiger partial charge in [0.25, 0.3) is 0 Å². The summed E-state index contributed by atoms with van der Waals surface area (Å²) < 4.78 is 42.3. The molecule has 0 N–H and O–H groups in total.